The highest BCUT2D eigenvalue weighted by Crippen LogP contribution is 2.41. The Kier molecular flexibility index (Phi) is 6.62. The first-order valence-corrected chi connectivity index (χ1v) is 13.1. The van der Waals surface area contributed by atoms with Crippen molar-refractivity contribution in [2.24, 2.45) is 11.8 Å². The van der Waals surface area contributed by atoms with Crippen LogP contribution >= 0.6 is 11.3 Å². The van der Waals surface area contributed by atoms with Gasteiger partial charge in [0.1, 0.15) is 30.3 Å². The normalized spacial score (nSPS) is 24.5. The van der Waals surface area contributed by atoms with E-state index in [1.54, 1.807) is 0 Å². The van der Waals surface area contributed by atoms with Gasteiger partial charge in [-0.3, -0.25) is 4.79 Å². The summed E-state index contributed by atoms with van der Waals surface area (Å²) in [6.07, 6.45) is 5.36. The molecule has 0 amide bonds. The number of anilines is 1. The van der Waals surface area contributed by atoms with Crippen molar-refractivity contribution in [1.82, 2.24) is 9.97 Å². The Morgan fingerprint density at radius 3 is 2.94 bits per heavy atom. The van der Waals surface area contributed by atoms with Gasteiger partial charge >= 0.3 is 5.97 Å². The van der Waals surface area contributed by atoms with Crippen molar-refractivity contribution < 1.29 is 19.2 Å². The summed E-state index contributed by atoms with van der Waals surface area (Å²) in [5.74, 6) is 2.57. The second kappa shape index (κ2) is 9.61. The third kappa shape index (κ3) is 4.50. The third-order valence-corrected chi connectivity index (χ3v) is 8.28. The van der Waals surface area contributed by atoms with Gasteiger partial charge in [-0.15, -0.1) is 11.3 Å². The summed E-state index contributed by atoms with van der Waals surface area (Å²) in [6.45, 7) is 10.8. The van der Waals surface area contributed by atoms with Crippen LogP contribution in [0.5, 0.6) is 0 Å². The van der Waals surface area contributed by atoms with Gasteiger partial charge in [0.15, 0.2) is 5.82 Å². The van der Waals surface area contributed by atoms with Crippen molar-refractivity contribution in [2.45, 2.75) is 52.5 Å². The van der Waals surface area contributed by atoms with E-state index >= 15 is 0 Å². The van der Waals surface area contributed by atoms with E-state index in [4.69, 9.17) is 19.4 Å². The number of piperidine rings is 1. The fourth-order valence-corrected chi connectivity index (χ4v) is 6.75. The van der Waals surface area contributed by atoms with E-state index in [1.165, 1.54) is 27.1 Å². The average Bonchev–Trinajstić information content (AvgIpc) is 3.16. The van der Waals surface area contributed by atoms with E-state index in [0.29, 0.717) is 13.2 Å². The topological polar surface area (TPSA) is 69.0 Å². The number of morpholine rings is 1. The van der Waals surface area contributed by atoms with Crippen LogP contribution < -0.4 is 9.80 Å². The van der Waals surface area contributed by atoms with Gasteiger partial charge in [-0.2, -0.15) is 0 Å². The van der Waals surface area contributed by atoms with Gasteiger partial charge in [0.25, 0.3) is 0 Å². The predicted molar refractivity (Wildman–Crippen MR) is 125 cm³/mol. The largest absolute Gasteiger partial charge is 0.466 e. The fourth-order valence-electron chi connectivity index (χ4n) is 5.36. The molecule has 0 aromatic carbocycles. The number of ether oxygens (including phenoxy) is 2. The maximum Gasteiger partial charge on any atom is 0.310 e. The number of carbonyl (C=O) groups excluding carboxylic acids is 1. The first kappa shape index (κ1) is 22.0. The SMILES string of the molecule is CCOC(=O)[C@H]1CCCN(c2nc(C[NH+]3CCOCC3)nc3sc4c(c23)CC[C@@H](C)C4)C1. The predicted octanol–water partition coefficient (Wildman–Crippen LogP) is 2.01. The summed E-state index contributed by atoms with van der Waals surface area (Å²) in [5, 5.41) is 1.25. The third-order valence-electron chi connectivity index (χ3n) is 7.13. The highest BCUT2D eigenvalue weighted by Gasteiger charge is 2.32. The number of nitrogens with one attached hydrogen (secondary N) is 1. The van der Waals surface area contributed by atoms with Crippen molar-refractivity contribution in [1.29, 1.82) is 0 Å². The van der Waals surface area contributed by atoms with Crippen LogP contribution in [0.3, 0.4) is 0 Å². The standard InChI is InChI=1S/C24H34N4O3S/c1-3-31-24(29)17-5-4-8-28(14-17)22-21-18-7-6-16(2)13-19(18)32-23(21)26-20(25-22)15-27-9-11-30-12-10-27/h16-17H,3-15H2,1-2H3/p+1/t16-,17+/m1/s1. The van der Waals surface area contributed by atoms with Gasteiger partial charge in [0, 0.05) is 18.0 Å². The lowest BCUT2D eigenvalue weighted by Crippen LogP contribution is -3.12. The second-order valence-electron chi connectivity index (χ2n) is 9.57. The smallest absolute Gasteiger partial charge is 0.310 e. The molecule has 2 aromatic rings. The van der Waals surface area contributed by atoms with Crippen LogP contribution in [0.1, 0.15) is 49.4 Å². The number of carbonyl (C=O) groups is 1. The molecule has 1 aliphatic carbocycles. The molecule has 32 heavy (non-hydrogen) atoms. The molecule has 0 spiro atoms. The van der Waals surface area contributed by atoms with E-state index in [1.807, 2.05) is 18.3 Å². The number of aromatic nitrogens is 2. The Morgan fingerprint density at radius 2 is 2.12 bits per heavy atom. The van der Waals surface area contributed by atoms with Crippen molar-refractivity contribution in [3.8, 4) is 0 Å². The highest BCUT2D eigenvalue weighted by atomic mass is 32.1. The Morgan fingerprint density at radius 1 is 1.28 bits per heavy atom. The van der Waals surface area contributed by atoms with Crippen molar-refractivity contribution in [3.05, 3.63) is 16.3 Å². The molecule has 8 heteroatoms. The number of hydrogen-bond donors (Lipinski definition) is 1. The number of thiophene rings is 1. The van der Waals surface area contributed by atoms with Crippen LogP contribution in [0.15, 0.2) is 0 Å². The zero-order valence-electron chi connectivity index (χ0n) is 19.3. The first-order valence-electron chi connectivity index (χ1n) is 12.3. The monoisotopic (exact) mass is 459 g/mol. The maximum atomic E-state index is 12.5. The van der Waals surface area contributed by atoms with Crippen LogP contribution in [0.25, 0.3) is 10.2 Å². The van der Waals surface area contributed by atoms with E-state index in [0.717, 1.165) is 87.5 Å². The molecule has 7 nitrogen and oxygen atoms in total. The van der Waals surface area contributed by atoms with E-state index < -0.39 is 0 Å². The highest BCUT2D eigenvalue weighted by molar-refractivity contribution is 7.19. The van der Waals surface area contributed by atoms with Crippen LogP contribution in [0, 0.1) is 11.8 Å². The molecular formula is C24H35N4O3S+. The summed E-state index contributed by atoms with van der Waals surface area (Å²) in [6, 6.07) is 0. The minimum atomic E-state index is -0.0727. The summed E-state index contributed by atoms with van der Waals surface area (Å²) in [4.78, 5) is 29.2. The summed E-state index contributed by atoms with van der Waals surface area (Å²) < 4.78 is 10.9. The van der Waals surface area contributed by atoms with Crippen LogP contribution in [-0.2, 0) is 33.7 Å². The van der Waals surface area contributed by atoms with Gasteiger partial charge in [0.2, 0.25) is 0 Å². The molecule has 0 unspecified atom stereocenters. The molecule has 5 rings (SSSR count). The molecule has 2 aliphatic heterocycles. The van der Waals surface area contributed by atoms with Crippen LogP contribution in [0.2, 0.25) is 0 Å². The van der Waals surface area contributed by atoms with Crippen molar-refractivity contribution in [2.75, 3.05) is 50.9 Å². The second-order valence-corrected chi connectivity index (χ2v) is 10.7. The molecular weight excluding hydrogens is 424 g/mol. The Hall–Kier alpha value is -1.77. The van der Waals surface area contributed by atoms with Gasteiger partial charge < -0.3 is 19.3 Å². The summed E-state index contributed by atoms with van der Waals surface area (Å²) >= 11 is 1.87. The maximum absolute atomic E-state index is 12.5. The molecule has 2 saturated heterocycles. The Bertz CT molecular complexity index is 972. The van der Waals surface area contributed by atoms with E-state index in [-0.39, 0.29) is 11.9 Å². The van der Waals surface area contributed by atoms with Gasteiger partial charge in [-0.25, -0.2) is 9.97 Å². The molecule has 174 valence electrons. The molecule has 3 aliphatic rings. The number of esters is 1. The quantitative estimate of drug-likeness (QED) is 0.690. The lowest BCUT2D eigenvalue weighted by atomic mass is 9.89. The molecule has 2 atom stereocenters. The number of hydrogen-bond acceptors (Lipinski definition) is 7. The van der Waals surface area contributed by atoms with Gasteiger partial charge in [-0.05, 0) is 50.5 Å². The molecule has 2 fully saturated rings. The Labute approximate surface area is 194 Å². The van der Waals surface area contributed by atoms with Crippen molar-refractivity contribution >= 4 is 33.3 Å². The minimum Gasteiger partial charge on any atom is -0.466 e. The molecule has 2 aromatic heterocycles. The van der Waals surface area contributed by atoms with E-state index in [9.17, 15) is 4.79 Å². The zero-order chi connectivity index (χ0) is 22.1. The number of aryl methyl sites for hydroxylation is 1. The molecule has 0 saturated carbocycles. The number of fused-ring (bicyclic) bond motifs is 3. The van der Waals surface area contributed by atoms with Gasteiger partial charge in [-0.1, -0.05) is 6.92 Å². The van der Waals surface area contributed by atoms with E-state index in [2.05, 4.69) is 11.8 Å². The Balaban J connectivity index is 1.51. The van der Waals surface area contributed by atoms with Crippen LogP contribution in [-0.4, -0.2) is 61.9 Å². The first-order chi connectivity index (χ1) is 15.6. The number of nitrogens with zero attached hydrogens (tertiary/aromatic N) is 3. The van der Waals surface area contributed by atoms with Gasteiger partial charge in [0.05, 0.1) is 31.1 Å². The molecule has 4 heterocycles. The lowest BCUT2D eigenvalue weighted by Gasteiger charge is -2.33. The fraction of sp³-hybridized carbons (Fsp3) is 0.708. The zero-order valence-corrected chi connectivity index (χ0v) is 20.1. The summed E-state index contributed by atoms with van der Waals surface area (Å²) in [7, 11) is 0. The number of rotatable bonds is 5. The molecule has 0 bridgehead atoms. The van der Waals surface area contributed by atoms with Crippen molar-refractivity contribution in [3.63, 3.8) is 0 Å². The average molecular weight is 460 g/mol. The van der Waals surface area contributed by atoms with Crippen LogP contribution in [0.4, 0.5) is 5.82 Å². The lowest BCUT2D eigenvalue weighted by molar-refractivity contribution is -0.922. The minimum absolute atomic E-state index is 0.0679. The summed E-state index contributed by atoms with van der Waals surface area (Å²) in [5.41, 5.74) is 1.46. The number of quaternary nitrogens is 1. The molecule has 1 N–H and O–H groups in total. The molecule has 0 radical (unpaired) electrons.